The molecule has 0 heterocycles. The molecule has 0 atom stereocenters. The van der Waals surface area contributed by atoms with E-state index in [0.29, 0.717) is 0 Å². The SMILES string of the molecule is CC(C)(NS(N)(=O)=O)c1ccccc1. The van der Waals surface area contributed by atoms with Crippen molar-refractivity contribution in [1.82, 2.24) is 4.72 Å². The molecule has 0 unspecified atom stereocenters. The molecular weight excluding hydrogens is 200 g/mol. The summed E-state index contributed by atoms with van der Waals surface area (Å²) < 4.78 is 24.1. The van der Waals surface area contributed by atoms with Crippen LogP contribution in [-0.2, 0) is 15.7 Å². The van der Waals surface area contributed by atoms with Gasteiger partial charge in [-0.2, -0.15) is 13.1 Å². The Hall–Kier alpha value is -0.910. The van der Waals surface area contributed by atoms with Gasteiger partial charge in [0.15, 0.2) is 0 Å². The predicted octanol–water partition coefficient (Wildman–Crippen LogP) is 0.715. The molecule has 1 aromatic rings. The molecule has 5 heteroatoms. The summed E-state index contributed by atoms with van der Waals surface area (Å²) in [6.07, 6.45) is 0. The third-order valence-corrected chi connectivity index (χ3v) is 2.69. The summed E-state index contributed by atoms with van der Waals surface area (Å²) in [5.41, 5.74) is 0.184. The Morgan fingerprint density at radius 3 is 2.14 bits per heavy atom. The van der Waals surface area contributed by atoms with Crippen molar-refractivity contribution in [2.75, 3.05) is 0 Å². The van der Waals surface area contributed by atoms with E-state index >= 15 is 0 Å². The standard InChI is InChI=1S/C9H14N2O2S/c1-9(2,11-14(10,12)13)8-6-4-3-5-7-8/h3-7,11H,1-2H3,(H2,10,12,13). The lowest BCUT2D eigenvalue weighted by atomic mass is 9.96. The van der Waals surface area contributed by atoms with Crippen LogP contribution >= 0.6 is 0 Å². The van der Waals surface area contributed by atoms with E-state index in [2.05, 4.69) is 4.72 Å². The first kappa shape index (κ1) is 11.2. The van der Waals surface area contributed by atoms with Gasteiger partial charge in [-0.25, -0.2) is 5.14 Å². The minimum Gasteiger partial charge on any atom is -0.216 e. The molecule has 0 amide bonds. The highest BCUT2D eigenvalue weighted by molar-refractivity contribution is 7.87. The molecule has 0 radical (unpaired) electrons. The zero-order valence-electron chi connectivity index (χ0n) is 8.19. The summed E-state index contributed by atoms with van der Waals surface area (Å²) in [6, 6.07) is 9.26. The molecule has 0 saturated heterocycles. The third-order valence-electron chi connectivity index (χ3n) is 1.89. The highest BCUT2D eigenvalue weighted by atomic mass is 32.2. The third kappa shape index (κ3) is 3.10. The van der Waals surface area contributed by atoms with E-state index in [1.165, 1.54) is 0 Å². The molecule has 0 aliphatic rings. The summed E-state index contributed by atoms with van der Waals surface area (Å²) in [7, 11) is -3.68. The van der Waals surface area contributed by atoms with Crippen molar-refractivity contribution in [2.45, 2.75) is 19.4 Å². The first-order chi connectivity index (χ1) is 6.31. The van der Waals surface area contributed by atoms with Crippen LogP contribution in [0.4, 0.5) is 0 Å². The van der Waals surface area contributed by atoms with Crippen LogP contribution in [0.1, 0.15) is 19.4 Å². The largest absolute Gasteiger partial charge is 0.275 e. The monoisotopic (exact) mass is 214 g/mol. The molecule has 78 valence electrons. The number of hydrogen-bond acceptors (Lipinski definition) is 2. The number of rotatable bonds is 3. The second-order valence-electron chi connectivity index (χ2n) is 3.64. The van der Waals surface area contributed by atoms with Crippen molar-refractivity contribution >= 4 is 10.2 Å². The van der Waals surface area contributed by atoms with Gasteiger partial charge in [-0.15, -0.1) is 0 Å². The maximum atomic E-state index is 10.9. The van der Waals surface area contributed by atoms with E-state index in [9.17, 15) is 8.42 Å². The van der Waals surface area contributed by atoms with Crippen molar-refractivity contribution < 1.29 is 8.42 Å². The van der Waals surface area contributed by atoms with Crippen LogP contribution in [0.3, 0.4) is 0 Å². The molecule has 1 aromatic carbocycles. The Kier molecular flexibility index (Phi) is 2.94. The van der Waals surface area contributed by atoms with Crippen LogP contribution in [0.5, 0.6) is 0 Å². The van der Waals surface area contributed by atoms with Crippen LogP contribution in [0, 0.1) is 0 Å². The van der Waals surface area contributed by atoms with Crippen molar-refractivity contribution in [2.24, 2.45) is 5.14 Å². The second kappa shape index (κ2) is 3.68. The first-order valence-corrected chi connectivity index (χ1v) is 5.73. The summed E-state index contributed by atoms with van der Waals surface area (Å²) >= 11 is 0. The molecule has 0 spiro atoms. The lowest BCUT2D eigenvalue weighted by Crippen LogP contribution is -2.44. The Morgan fingerprint density at radius 1 is 1.21 bits per heavy atom. The van der Waals surface area contributed by atoms with Crippen LogP contribution in [-0.4, -0.2) is 8.42 Å². The normalized spacial score (nSPS) is 12.8. The van der Waals surface area contributed by atoms with Gasteiger partial charge in [0, 0.05) is 0 Å². The van der Waals surface area contributed by atoms with Gasteiger partial charge in [0.05, 0.1) is 5.54 Å². The molecule has 1 rings (SSSR count). The number of hydrogen-bond donors (Lipinski definition) is 2. The fraction of sp³-hybridized carbons (Fsp3) is 0.333. The maximum absolute atomic E-state index is 10.9. The molecule has 0 aliphatic heterocycles. The van der Waals surface area contributed by atoms with Gasteiger partial charge in [-0.3, -0.25) is 0 Å². The Labute approximate surface area is 84.3 Å². The van der Waals surface area contributed by atoms with E-state index in [1.807, 2.05) is 30.3 Å². The summed E-state index contributed by atoms with van der Waals surface area (Å²) in [6.45, 7) is 3.51. The second-order valence-corrected chi connectivity index (χ2v) is 4.93. The average Bonchev–Trinajstić information content (AvgIpc) is 2.01. The van der Waals surface area contributed by atoms with Crippen molar-refractivity contribution in [3.63, 3.8) is 0 Å². The average molecular weight is 214 g/mol. The van der Waals surface area contributed by atoms with E-state index in [0.717, 1.165) is 5.56 Å². The van der Waals surface area contributed by atoms with Crippen LogP contribution < -0.4 is 9.86 Å². The predicted molar refractivity (Wildman–Crippen MR) is 55.7 cm³/mol. The summed E-state index contributed by atoms with van der Waals surface area (Å²) in [5, 5.41) is 4.92. The molecule has 0 aromatic heterocycles. The quantitative estimate of drug-likeness (QED) is 0.778. The van der Waals surface area contributed by atoms with Crippen molar-refractivity contribution in [3.8, 4) is 0 Å². The smallest absolute Gasteiger partial charge is 0.216 e. The highest BCUT2D eigenvalue weighted by Gasteiger charge is 2.23. The van der Waals surface area contributed by atoms with E-state index in [1.54, 1.807) is 13.8 Å². The molecule has 14 heavy (non-hydrogen) atoms. The maximum Gasteiger partial charge on any atom is 0.275 e. The van der Waals surface area contributed by atoms with Crippen molar-refractivity contribution in [1.29, 1.82) is 0 Å². The molecule has 0 fully saturated rings. The van der Waals surface area contributed by atoms with Crippen LogP contribution in [0.25, 0.3) is 0 Å². The van der Waals surface area contributed by atoms with Crippen molar-refractivity contribution in [3.05, 3.63) is 35.9 Å². The summed E-state index contributed by atoms with van der Waals surface area (Å²) in [5.74, 6) is 0. The Bertz CT molecular complexity index is 398. The molecular formula is C9H14N2O2S. The van der Waals surface area contributed by atoms with E-state index in [4.69, 9.17) is 5.14 Å². The molecule has 0 aliphatic carbocycles. The van der Waals surface area contributed by atoms with Crippen LogP contribution in [0.15, 0.2) is 30.3 Å². The fourth-order valence-electron chi connectivity index (χ4n) is 1.27. The topological polar surface area (TPSA) is 72.2 Å². The van der Waals surface area contributed by atoms with Gasteiger partial charge in [-0.1, -0.05) is 30.3 Å². The number of nitrogens with one attached hydrogen (secondary N) is 1. The van der Waals surface area contributed by atoms with Gasteiger partial charge >= 0.3 is 0 Å². The lowest BCUT2D eigenvalue weighted by molar-refractivity contribution is 0.473. The molecule has 0 bridgehead atoms. The van der Waals surface area contributed by atoms with E-state index < -0.39 is 15.7 Å². The zero-order chi connectivity index (χ0) is 10.8. The van der Waals surface area contributed by atoms with Gasteiger partial charge < -0.3 is 0 Å². The number of benzene rings is 1. The number of nitrogens with two attached hydrogens (primary N) is 1. The van der Waals surface area contributed by atoms with Gasteiger partial charge in [0.25, 0.3) is 10.2 Å². The Morgan fingerprint density at radius 2 is 1.71 bits per heavy atom. The lowest BCUT2D eigenvalue weighted by Gasteiger charge is -2.25. The molecule has 3 N–H and O–H groups in total. The first-order valence-electron chi connectivity index (χ1n) is 4.18. The minimum atomic E-state index is -3.68. The van der Waals surface area contributed by atoms with Crippen LogP contribution in [0.2, 0.25) is 0 Å². The van der Waals surface area contributed by atoms with Gasteiger partial charge in [-0.05, 0) is 19.4 Å². The zero-order valence-corrected chi connectivity index (χ0v) is 9.01. The highest BCUT2D eigenvalue weighted by Crippen LogP contribution is 2.19. The van der Waals surface area contributed by atoms with Gasteiger partial charge in [0.1, 0.15) is 0 Å². The minimum absolute atomic E-state index is 0.686. The molecule has 0 saturated carbocycles. The Balaban J connectivity index is 2.97. The summed E-state index contributed by atoms with van der Waals surface area (Å²) in [4.78, 5) is 0. The van der Waals surface area contributed by atoms with Gasteiger partial charge in [0.2, 0.25) is 0 Å². The molecule has 4 nitrogen and oxygen atoms in total. The fourth-order valence-corrected chi connectivity index (χ4v) is 2.10. The van der Waals surface area contributed by atoms with E-state index in [-0.39, 0.29) is 0 Å².